The number of rotatable bonds is 5. The topological polar surface area (TPSA) is 0 Å². The predicted molar refractivity (Wildman–Crippen MR) is 224 cm³/mol. The zero-order valence-electron chi connectivity index (χ0n) is 28.6. The summed E-state index contributed by atoms with van der Waals surface area (Å²) in [5.41, 5.74) is 12.4. The van der Waals surface area contributed by atoms with E-state index in [1.807, 2.05) is 0 Å². The van der Waals surface area contributed by atoms with Crippen LogP contribution in [0.25, 0.3) is 98.7 Å². The van der Waals surface area contributed by atoms with Crippen LogP contribution in [0.2, 0.25) is 0 Å². The molecule has 0 saturated carbocycles. The van der Waals surface area contributed by atoms with Crippen LogP contribution in [0, 0.1) is 0 Å². The number of hydrogen-bond donors (Lipinski definition) is 0. The van der Waals surface area contributed by atoms with Gasteiger partial charge in [-0.15, -0.1) is 0 Å². The van der Waals surface area contributed by atoms with Crippen molar-refractivity contribution in [1.29, 1.82) is 0 Å². The van der Waals surface area contributed by atoms with E-state index in [-0.39, 0.29) is 0 Å². The molecular weight excluding hydrogens is 625 g/mol. The molecule has 0 aliphatic heterocycles. The van der Waals surface area contributed by atoms with Gasteiger partial charge >= 0.3 is 0 Å². The Morgan fingerprint density at radius 2 is 0.519 bits per heavy atom. The summed E-state index contributed by atoms with van der Waals surface area (Å²) in [5, 5.41) is 9.97. The van der Waals surface area contributed by atoms with Gasteiger partial charge in [-0.05, 0) is 98.7 Å². The van der Waals surface area contributed by atoms with E-state index < -0.39 is 0 Å². The quantitative estimate of drug-likeness (QED) is 0.161. The minimum absolute atomic E-state index is 1.22. The Kier molecular flexibility index (Phi) is 7.25. The average Bonchev–Trinajstić information content (AvgIpc) is 3.22. The monoisotopic (exact) mass is 658 g/mol. The van der Waals surface area contributed by atoms with Gasteiger partial charge in [-0.25, -0.2) is 0 Å². The third-order valence-electron chi connectivity index (χ3n) is 10.7. The van der Waals surface area contributed by atoms with Gasteiger partial charge in [0.05, 0.1) is 0 Å². The Balaban J connectivity index is 1.39. The minimum atomic E-state index is 1.22. The Hall–Kier alpha value is -6.76. The van der Waals surface area contributed by atoms with Crippen molar-refractivity contribution < 1.29 is 0 Å². The molecule has 0 N–H and O–H groups in total. The van der Waals surface area contributed by atoms with Crippen molar-refractivity contribution in [3.8, 4) is 55.6 Å². The smallest absolute Gasteiger partial charge is 0.00139 e. The maximum Gasteiger partial charge on any atom is -0.00139 e. The third-order valence-corrected chi connectivity index (χ3v) is 10.7. The van der Waals surface area contributed by atoms with Crippen LogP contribution in [0.4, 0.5) is 0 Å². The van der Waals surface area contributed by atoms with E-state index >= 15 is 0 Å². The molecule has 0 saturated heterocycles. The molecule has 0 aliphatic carbocycles. The molecule has 0 heterocycles. The fraction of sp³-hybridized carbons (Fsp3) is 0. The van der Waals surface area contributed by atoms with E-state index in [9.17, 15) is 0 Å². The molecule has 0 spiro atoms. The Morgan fingerprint density at radius 1 is 0.173 bits per heavy atom. The van der Waals surface area contributed by atoms with Crippen molar-refractivity contribution in [3.05, 3.63) is 206 Å². The molecule has 10 aromatic carbocycles. The second kappa shape index (κ2) is 12.5. The summed E-state index contributed by atoms with van der Waals surface area (Å²) >= 11 is 0. The van der Waals surface area contributed by atoms with E-state index in [0.717, 1.165) is 0 Å². The molecule has 0 aromatic heterocycles. The van der Waals surface area contributed by atoms with Crippen LogP contribution < -0.4 is 0 Å². The van der Waals surface area contributed by atoms with Gasteiger partial charge in [0.15, 0.2) is 0 Å². The van der Waals surface area contributed by atoms with Crippen molar-refractivity contribution >= 4 is 43.1 Å². The first-order valence-corrected chi connectivity index (χ1v) is 18.0. The van der Waals surface area contributed by atoms with Crippen LogP contribution in [0.5, 0.6) is 0 Å². The van der Waals surface area contributed by atoms with Gasteiger partial charge in [0, 0.05) is 0 Å². The van der Waals surface area contributed by atoms with Gasteiger partial charge in [-0.2, -0.15) is 0 Å². The molecule has 0 unspecified atom stereocenters. The summed E-state index contributed by atoms with van der Waals surface area (Å²) in [6.07, 6.45) is 0. The fourth-order valence-electron chi connectivity index (χ4n) is 8.45. The Morgan fingerprint density at radius 3 is 1.06 bits per heavy atom. The maximum atomic E-state index is 2.33. The van der Waals surface area contributed by atoms with Crippen molar-refractivity contribution in [1.82, 2.24) is 0 Å². The van der Waals surface area contributed by atoms with Gasteiger partial charge in [-0.1, -0.05) is 206 Å². The highest BCUT2D eigenvalue weighted by atomic mass is 14.3. The van der Waals surface area contributed by atoms with Crippen LogP contribution in [0.3, 0.4) is 0 Å². The standard InChI is InChI=1S/C52H34/c1-2-17-35(18-3-1)40-25-8-9-26-43(40)50-46-27-10-12-29-48(46)52(49-30-13-11-28-47(49)50)51-44(41-31-14-21-36-19-4-6-23-38(36)41)33-16-34-45(51)42-32-15-22-37-20-5-7-24-39(37)42/h1-34H. The highest BCUT2D eigenvalue weighted by molar-refractivity contribution is 6.25. The van der Waals surface area contributed by atoms with Gasteiger partial charge in [0.25, 0.3) is 0 Å². The van der Waals surface area contributed by atoms with Crippen LogP contribution in [0.1, 0.15) is 0 Å². The molecule has 0 atom stereocenters. The highest BCUT2D eigenvalue weighted by Crippen LogP contribution is 2.51. The zero-order valence-corrected chi connectivity index (χ0v) is 28.6. The molecule has 0 bridgehead atoms. The van der Waals surface area contributed by atoms with Gasteiger partial charge in [0.1, 0.15) is 0 Å². The zero-order chi connectivity index (χ0) is 34.4. The summed E-state index contributed by atoms with van der Waals surface area (Å²) in [6.45, 7) is 0. The second-order valence-electron chi connectivity index (χ2n) is 13.5. The summed E-state index contributed by atoms with van der Waals surface area (Å²) in [5.74, 6) is 0. The molecule has 10 rings (SSSR count). The van der Waals surface area contributed by atoms with Crippen LogP contribution in [0.15, 0.2) is 206 Å². The summed E-state index contributed by atoms with van der Waals surface area (Å²) in [4.78, 5) is 0. The van der Waals surface area contributed by atoms with Gasteiger partial charge < -0.3 is 0 Å². The Labute approximate surface area is 303 Å². The van der Waals surface area contributed by atoms with Crippen molar-refractivity contribution in [2.45, 2.75) is 0 Å². The maximum absolute atomic E-state index is 2.33. The second-order valence-corrected chi connectivity index (χ2v) is 13.5. The third kappa shape index (κ3) is 4.84. The summed E-state index contributed by atoms with van der Waals surface area (Å²) in [7, 11) is 0. The molecule has 0 aliphatic rings. The van der Waals surface area contributed by atoms with E-state index in [0.29, 0.717) is 0 Å². The lowest BCUT2D eigenvalue weighted by Crippen LogP contribution is -1.96. The van der Waals surface area contributed by atoms with E-state index in [1.165, 1.54) is 98.7 Å². The summed E-state index contributed by atoms with van der Waals surface area (Å²) < 4.78 is 0. The lowest BCUT2D eigenvalue weighted by atomic mass is 9.79. The first kappa shape index (κ1) is 30.1. The van der Waals surface area contributed by atoms with E-state index in [4.69, 9.17) is 0 Å². The van der Waals surface area contributed by atoms with Crippen molar-refractivity contribution in [3.63, 3.8) is 0 Å². The molecule has 0 nitrogen and oxygen atoms in total. The minimum Gasteiger partial charge on any atom is -0.0622 e. The van der Waals surface area contributed by atoms with Crippen LogP contribution in [-0.2, 0) is 0 Å². The van der Waals surface area contributed by atoms with Crippen molar-refractivity contribution in [2.75, 3.05) is 0 Å². The number of hydrogen-bond acceptors (Lipinski definition) is 0. The summed E-state index contributed by atoms with van der Waals surface area (Å²) in [6, 6.07) is 75.6. The number of benzene rings is 10. The predicted octanol–water partition coefficient (Wildman–Crippen LogP) is 14.6. The van der Waals surface area contributed by atoms with Gasteiger partial charge in [0.2, 0.25) is 0 Å². The van der Waals surface area contributed by atoms with Crippen molar-refractivity contribution in [2.24, 2.45) is 0 Å². The largest absolute Gasteiger partial charge is 0.0622 e. The SMILES string of the molecule is c1ccc(-c2ccccc2-c2c3ccccc3c(-c3c(-c4cccc5ccccc45)cccc3-c3cccc4ccccc34)c3ccccc23)cc1. The van der Waals surface area contributed by atoms with Crippen LogP contribution in [-0.4, -0.2) is 0 Å². The molecule has 52 heavy (non-hydrogen) atoms. The molecule has 0 radical (unpaired) electrons. The lowest BCUT2D eigenvalue weighted by molar-refractivity contribution is 1.60. The fourth-order valence-corrected chi connectivity index (χ4v) is 8.45. The Bertz CT molecular complexity index is 2780. The van der Waals surface area contributed by atoms with Crippen LogP contribution >= 0.6 is 0 Å². The molecule has 10 aromatic rings. The van der Waals surface area contributed by atoms with E-state index in [1.54, 1.807) is 0 Å². The molecule has 242 valence electrons. The molecule has 0 heteroatoms. The first-order chi connectivity index (χ1) is 25.8. The number of fused-ring (bicyclic) bond motifs is 4. The average molecular weight is 659 g/mol. The van der Waals surface area contributed by atoms with E-state index in [2.05, 4.69) is 206 Å². The normalized spacial score (nSPS) is 11.5. The van der Waals surface area contributed by atoms with Gasteiger partial charge in [-0.3, -0.25) is 0 Å². The lowest BCUT2D eigenvalue weighted by Gasteiger charge is -2.24. The molecule has 0 amide bonds. The molecular formula is C52H34. The molecule has 0 fully saturated rings. The highest BCUT2D eigenvalue weighted by Gasteiger charge is 2.24. The first-order valence-electron chi connectivity index (χ1n) is 18.0.